The van der Waals surface area contributed by atoms with Crippen molar-refractivity contribution >= 4 is 16.9 Å². The first-order valence-electron chi connectivity index (χ1n) is 11.1. The van der Waals surface area contributed by atoms with Crippen LogP contribution in [0.1, 0.15) is 54.1 Å². The van der Waals surface area contributed by atoms with Crippen molar-refractivity contribution in [3.63, 3.8) is 0 Å². The van der Waals surface area contributed by atoms with Gasteiger partial charge in [-0.2, -0.15) is 0 Å². The number of benzene rings is 2. The van der Waals surface area contributed by atoms with Gasteiger partial charge in [-0.15, -0.1) is 0 Å². The van der Waals surface area contributed by atoms with Gasteiger partial charge in [0, 0.05) is 30.6 Å². The Hall–Kier alpha value is -2.70. The van der Waals surface area contributed by atoms with E-state index in [0.717, 1.165) is 18.7 Å². The highest BCUT2D eigenvalue weighted by Crippen LogP contribution is 2.28. The molecule has 5 nitrogen and oxygen atoms in total. The highest BCUT2D eigenvalue weighted by Gasteiger charge is 2.25. The van der Waals surface area contributed by atoms with Crippen LogP contribution in [0.3, 0.4) is 0 Å². The molecule has 170 valence electrons. The molecule has 1 atom stereocenters. The third-order valence-corrected chi connectivity index (χ3v) is 6.21. The zero-order chi connectivity index (χ0) is 22.9. The van der Waals surface area contributed by atoms with Crippen LogP contribution in [0.15, 0.2) is 46.9 Å². The summed E-state index contributed by atoms with van der Waals surface area (Å²) in [6.45, 7) is 11.8. The minimum Gasteiger partial charge on any atom is -0.451 e. The molecular weight excluding hydrogens is 407 g/mol. The summed E-state index contributed by atoms with van der Waals surface area (Å²) < 4.78 is 24.9. The fourth-order valence-corrected chi connectivity index (χ4v) is 4.23. The molecule has 1 amide bonds. The number of halogens is 1. The van der Waals surface area contributed by atoms with Crippen molar-refractivity contribution in [1.29, 1.82) is 0 Å². The number of carbonyl (C=O) groups excluding carboxylic acids is 1. The maximum Gasteiger partial charge on any atom is 0.287 e. The van der Waals surface area contributed by atoms with Crippen LogP contribution in [-0.2, 0) is 10.2 Å². The topological polar surface area (TPSA) is 54.7 Å². The van der Waals surface area contributed by atoms with Crippen LogP contribution in [0, 0.1) is 12.7 Å². The van der Waals surface area contributed by atoms with E-state index >= 15 is 0 Å². The van der Waals surface area contributed by atoms with Gasteiger partial charge in [0.1, 0.15) is 11.4 Å². The predicted octanol–water partition coefficient (Wildman–Crippen LogP) is 4.98. The molecule has 3 aromatic rings. The molecule has 2 heterocycles. The van der Waals surface area contributed by atoms with Crippen molar-refractivity contribution < 1.29 is 18.3 Å². The molecule has 1 aliphatic rings. The van der Waals surface area contributed by atoms with Crippen LogP contribution < -0.4 is 5.32 Å². The number of nitrogens with zero attached hydrogens (tertiary/aromatic N) is 1. The van der Waals surface area contributed by atoms with Crippen LogP contribution >= 0.6 is 0 Å². The van der Waals surface area contributed by atoms with Crippen molar-refractivity contribution in [2.45, 2.75) is 39.2 Å². The van der Waals surface area contributed by atoms with Gasteiger partial charge in [0.2, 0.25) is 0 Å². The summed E-state index contributed by atoms with van der Waals surface area (Å²) in [6.07, 6.45) is 0. The van der Waals surface area contributed by atoms with Crippen LogP contribution in [0.4, 0.5) is 4.39 Å². The number of amides is 1. The highest BCUT2D eigenvalue weighted by molar-refractivity contribution is 5.98. The van der Waals surface area contributed by atoms with Gasteiger partial charge in [-0.3, -0.25) is 9.69 Å². The molecule has 0 spiro atoms. The molecule has 1 aromatic heterocycles. The second kappa shape index (κ2) is 9.04. The van der Waals surface area contributed by atoms with Crippen LogP contribution in [-0.4, -0.2) is 43.7 Å². The fraction of sp³-hybridized carbons (Fsp3) is 0.423. The third-order valence-electron chi connectivity index (χ3n) is 6.21. The Bertz CT molecular complexity index is 1090. The van der Waals surface area contributed by atoms with Crippen molar-refractivity contribution in [1.82, 2.24) is 10.2 Å². The average Bonchev–Trinajstić information content (AvgIpc) is 3.10. The highest BCUT2D eigenvalue weighted by atomic mass is 19.1. The molecule has 0 aliphatic carbocycles. The van der Waals surface area contributed by atoms with Gasteiger partial charge in [0.15, 0.2) is 5.76 Å². The summed E-state index contributed by atoms with van der Waals surface area (Å²) in [5, 5.41) is 3.67. The van der Waals surface area contributed by atoms with E-state index in [1.165, 1.54) is 17.7 Å². The van der Waals surface area contributed by atoms with E-state index in [0.29, 0.717) is 36.3 Å². The lowest BCUT2D eigenvalue weighted by molar-refractivity contribution is 0.0161. The second-order valence-electron chi connectivity index (χ2n) is 9.44. The van der Waals surface area contributed by atoms with E-state index in [9.17, 15) is 9.18 Å². The molecule has 1 N–H and O–H groups in total. The van der Waals surface area contributed by atoms with Crippen LogP contribution in [0.2, 0.25) is 0 Å². The number of hydrogen-bond acceptors (Lipinski definition) is 4. The van der Waals surface area contributed by atoms with Crippen LogP contribution in [0.5, 0.6) is 0 Å². The van der Waals surface area contributed by atoms with E-state index in [-0.39, 0.29) is 28.9 Å². The van der Waals surface area contributed by atoms with E-state index in [1.807, 2.05) is 0 Å². The zero-order valence-corrected chi connectivity index (χ0v) is 19.2. The lowest BCUT2D eigenvalue weighted by atomic mass is 9.86. The number of furan rings is 1. The van der Waals surface area contributed by atoms with E-state index in [1.54, 1.807) is 13.0 Å². The smallest absolute Gasteiger partial charge is 0.287 e. The third kappa shape index (κ3) is 4.71. The van der Waals surface area contributed by atoms with E-state index in [4.69, 9.17) is 9.15 Å². The largest absolute Gasteiger partial charge is 0.451 e. The Balaban J connectivity index is 1.55. The van der Waals surface area contributed by atoms with Crippen LogP contribution in [0.25, 0.3) is 11.0 Å². The first-order valence-corrected chi connectivity index (χ1v) is 11.1. The molecular formula is C26H31FN2O3. The summed E-state index contributed by atoms with van der Waals surface area (Å²) in [7, 11) is 0. The molecule has 0 bridgehead atoms. The van der Waals surface area contributed by atoms with E-state index < -0.39 is 0 Å². The predicted molar refractivity (Wildman–Crippen MR) is 124 cm³/mol. The molecule has 2 aromatic carbocycles. The lowest BCUT2D eigenvalue weighted by Gasteiger charge is -2.35. The molecule has 0 radical (unpaired) electrons. The fourth-order valence-electron chi connectivity index (χ4n) is 4.23. The monoisotopic (exact) mass is 438 g/mol. The molecule has 0 unspecified atom stereocenters. The lowest BCUT2D eigenvalue weighted by Crippen LogP contribution is -2.43. The number of hydrogen-bond donors (Lipinski definition) is 1. The molecule has 6 heteroatoms. The van der Waals surface area contributed by atoms with Crippen molar-refractivity contribution in [2.24, 2.45) is 0 Å². The Labute approximate surface area is 188 Å². The number of aryl methyl sites for hydroxylation is 1. The minimum atomic E-state index is -0.348. The van der Waals surface area contributed by atoms with Crippen molar-refractivity contribution in [2.75, 3.05) is 32.8 Å². The number of nitrogens with one attached hydrogen (secondary N) is 1. The maximum absolute atomic E-state index is 13.6. The van der Waals surface area contributed by atoms with Gasteiger partial charge in [-0.25, -0.2) is 4.39 Å². The standard InChI is InChI=1S/C26H31FN2O3/c1-17-21-15-20(27)9-10-23(21)32-24(17)25(30)28-16-22(29-11-13-31-14-12-29)18-5-7-19(8-6-18)26(2,3)4/h5-10,15,22H,11-14,16H2,1-4H3,(H,28,30)/t22-/m0/s1. The summed E-state index contributed by atoms with van der Waals surface area (Å²) in [5.41, 5.74) is 3.67. The second-order valence-corrected chi connectivity index (χ2v) is 9.44. The number of ether oxygens (including phenoxy) is 1. The number of morpholine rings is 1. The van der Waals surface area contributed by atoms with Crippen molar-refractivity contribution in [3.05, 3.63) is 70.7 Å². The summed E-state index contributed by atoms with van der Waals surface area (Å²) in [5.74, 6) is -0.405. The van der Waals surface area contributed by atoms with Crippen molar-refractivity contribution in [3.8, 4) is 0 Å². The molecule has 32 heavy (non-hydrogen) atoms. The normalized spacial score (nSPS) is 16.3. The Morgan fingerprint density at radius 3 is 2.47 bits per heavy atom. The first-order chi connectivity index (χ1) is 15.2. The van der Waals surface area contributed by atoms with Gasteiger partial charge in [-0.1, -0.05) is 45.0 Å². The average molecular weight is 439 g/mol. The minimum absolute atomic E-state index is 0.0268. The van der Waals surface area contributed by atoms with E-state index in [2.05, 4.69) is 55.3 Å². The molecule has 1 saturated heterocycles. The van der Waals surface area contributed by atoms with Gasteiger partial charge in [0.05, 0.1) is 19.3 Å². The number of fused-ring (bicyclic) bond motifs is 1. The Morgan fingerprint density at radius 1 is 1.12 bits per heavy atom. The summed E-state index contributed by atoms with van der Waals surface area (Å²) in [4.78, 5) is 15.3. The molecule has 1 fully saturated rings. The number of carbonyl (C=O) groups is 1. The molecule has 1 aliphatic heterocycles. The first kappa shape index (κ1) is 22.5. The molecule has 4 rings (SSSR count). The molecule has 0 saturated carbocycles. The van der Waals surface area contributed by atoms with Gasteiger partial charge in [-0.05, 0) is 41.7 Å². The Morgan fingerprint density at radius 2 is 1.81 bits per heavy atom. The Kier molecular flexibility index (Phi) is 6.35. The summed E-state index contributed by atoms with van der Waals surface area (Å²) in [6, 6.07) is 13.0. The summed E-state index contributed by atoms with van der Waals surface area (Å²) >= 11 is 0. The SMILES string of the molecule is Cc1c(C(=O)NC[C@@H](c2ccc(C(C)(C)C)cc2)N2CCOCC2)oc2ccc(F)cc12. The quantitative estimate of drug-likeness (QED) is 0.610. The zero-order valence-electron chi connectivity index (χ0n) is 19.2. The maximum atomic E-state index is 13.6. The van der Waals surface area contributed by atoms with Gasteiger partial charge >= 0.3 is 0 Å². The van der Waals surface area contributed by atoms with Gasteiger partial charge in [0.25, 0.3) is 5.91 Å². The van der Waals surface area contributed by atoms with Gasteiger partial charge < -0.3 is 14.5 Å². The number of rotatable bonds is 5.